The van der Waals surface area contributed by atoms with Gasteiger partial charge in [0.1, 0.15) is 5.75 Å². The average molecular weight is 458 g/mol. The average Bonchev–Trinajstić information content (AvgIpc) is 2.79. The van der Waals surface area contributed by atoms with E-state index in [4.69, 9.17) is 14.2 Å². The molecule has 0 saturated heterocycles. The van der Waals surface area contributed by atoms with Crippen LogP contribution in [0.3, 0.4) is 0 Å². The maximum atomic E-state index is 13.0. The summed E-state index contributed by atoms with van der Waals surface area (Å²) in [4.78, 5) is 16.9. The molecule has 2 N–H and O–H groups in total. The van der Waals surface area contributed by atoms with E-state index in [0.29, 0.717) is 18.0 Å². The van der Waals surface area contributed by atoms with Crippen LogP contribution >= 0.6 is 0 Å². The molecule has 0 aliphatic heterocycles. The molecule has 0 aliphatic rings. The van der Waals surface area contributed by atoms with Crippen molar-refractivity contribution in [3.05, 3.63) is 66.5 Å². The number of benzene rings is 2. The number of sulfonamides is 1. The van der Waals surface area contributed by atoms with Crippen LogP contribution in [-0.4, -0.2) is 40.1 Å². The number of hydrogen-bond donors (Lipinski definition) is 2. The molecule has 0 spiro atoms. The standard InChI is InChI=1S/C22H23N3O6S/c1-4-31-16-7-9-17(10-8-16)32(27,28)25-19-13-21(30-3)20(29-2)12-18(19)22(26)24-15-6-5-11-23-14-15/h5-14,25H,4H2,1-3H3,(H,24,26). The van der Waals surface area contributed by atoms with Gasteiger partial charge in [0.2, 0.25) is 0 Å². The number of anilines is 2. The molecule has 10 heteroatoms. The quantitative estimate of drug-likeness (QED) is 0.505. The fraction of sp³-hybridized carbons (Fsp3) is 0.182. The maximum Gasteiger partial charge on any atom is 0.261 e. The van der Waals surface area contributed by atoms with Gasteiger partial charge in [0, 0.05) is 12.3 Å². The number of hydrogen-bond acceptors (Lipinski definition) is 7. The topological polar surface area (TPSA) is 116 Å². The molecule has 0 fully saturated rings. The van der Waals surface area contributed by atoms with Crippen molar-refractivity contribution in [1.82, 2.24) is 4.98 Å². The van der Waals surface area contributed by atoms with Gasteiger partial charge < -0.3 is 19.5 Å². The predicted molar refractivity (Wildman–Crippen MR) is 120 cm³/mol. The van der Waals surface area contributed by atoms with Gasteiger partial charge in [0.25, 0.3) is 15.9 Å². The Morgan fingerprint density at radius 1 is 1.03 bits per heavy atom. The Labute approximate surface area is 186 Å². The van der Waals surface area contributed by atoms with E-state index in [2.05, 4.69) is 15.0 Å². The Morgan fingerprint density at radius 3 is 2.31 bits per heavy atom. The molecule has 168 valence electrons. The lowest BCUT2D eigenvalue weighted by atomic mass is 10.1. The van der Waals surface area contributed by atoms with Gasteiger partial charge in [-0.25, -0.2) is 8.42 Å². The Morgan fingerprint density at radius 2 is 1.72 bits per heavy atom. The van der Waals surface area contributed by atoms with E-state index in [9.17, 15) is 13.2 Å². The molecule has 0 unspecified atom stereocenters. The molecule has 0 aliphatic carbocycles. The molecule has 32 heavy (non-hydrogen) atoms. The molecular weight excluding hydrogens is 434 g/mol. The van der Waals surface area contributed by atoms with Crippen LogP contribution in [0.5, 0.6) is 17.2 Å². The lowest BCUT2D eigenvalue weighted by Gasteiger charge is -2.16. The monoisotopic (exact) mass is 457 g/mol. The number of nitrogens with one attached hydrogen (secondary N) is 2. The third-order valence-electron chi connectivity index (χ3n) is 4.38. The highest BCUT2D eigenvalue weighted by atomic mass is 32.2. The Hall–Kier alpha value is -3.79. The fourth-order valence-corrected chi connectivity index (χ4v) is 3.94. The largest absolute Gasteiger partial charge is 0.494 e. The highest BCUT2D eigenvalue weighted by Crippen LogP contribution is 2.35. The predicted octanol–water partition coefficient (Wildman–Crippen LogP) is 3.55. The van der Waals surface area contributed by atoms with E-state index in [0.717, 1.165) is 0 Å². The number of pyridine rings is 1. The molecule has 0 radical (unpaired) electrons. The van der Waals surface area contributed by atoms with Crippen LogP contribution in [0.25, 0.3) is 0 Å². The molecular formula is C22H23N3O6S. The third-order valence-corrected chi connectivity index (χ3v) is 5.76. The van der Waals surface area contributed by atoms with E-state index in [-0.39, 0.29) is 27.6 Å². The van der Waals surface area contributed by atoms with Crippen LogP contribution in [0.1, 0.15) is 17.3 Å². The van der Waals surface area contributed by atoms with E-state index < -0.39 is 15.9 Å². The lowest BCUT2D eigenvalue weighted by Crippen LogP contribution is -2.19. The van der Waals surface area contributed by atoms with Gasteiger partial charge in [-0.15, -0.1) is 0 Å². The van der Waals surface area contributed by atoms with Crippen molar-refractivity contribution in [1.29, 1.82) is 0 Å². The van der Waals surface area contributed by atoms with Gasteiger partial charge >= 0.3 is 0 Å². The summed E-state index contributed by atoms with van der Waals surface area (Å²) in [6, 6.07) is 12.1. The van der Waals surface area contributed by atoms with E-state index in [1.165, 1.54) is 44.7 Å². The molecule has 9 nitrogen and oxygen atoms in total. The van der Waals surface area contributed by atoms with E-state index in [1.54, 1.807) is 30.5 Å². The van der Waals surface area contributed by atoms with Gasteiger partial charge in [-0.3, -0.25) is 14.5 Å². The first-order valence-electron chi connectivity index (χ1n) is 9.61. The number of methoxy groups -OCH3 is 2. The van der Waals surface area contributed by atoms with Crippen molar-refractivity contribution in [2.24, 2.45) is 0 Å². The number of amides is 1. The first kappa shape index (κ1) is 22.9. The van der Waals surface area contributed by atoms with Gasteiger partial charge in [-0.1, -0.05) is 0 Å². The Kier molecular flexibility index (Phi) is 7.16. The molecule has 1 aromatic heterocycles. The van der Waals surface area contributed by atoms with Crippen LogP contribution < -0.4 is 24.2 Å². The summed E-state index contributed by atoms with van der Waals surface area (Å²) in [6.45, 7) is 2.30. The van der Waals surface area contributed by atoms with Gasteiger partial charge in [0.15, 0.2) is 11.5 Å². The van der Waals surface area contributed by atoms with Crippen molar-refractivity contribution >= 4 is 27.3 Å². The van der Waals surface area contributed by atoms with Crippen LogP contribution in [0.4, 0.5) is 11.4 Å². The molecule has 1 heterocycles. The highest BCUT2D eigenvalue weighted by molar-refractivity contribution is 7.92. The second-order valence-corrected chi connectivity index (χ2v) is 8.14. The normalized spacial score (nSPS) is 10.8. The molecule has 0 bridgehead atoms. The zero-order chi connectivity index (χ0) is 23.1. The van der Waals surface area contributed by atoms with Gasteiger partial charge in [0.05, 0.1) is 48.9 Å². The smallest absolute Gasteiger partial charge is 0.261 e. The molecule has 2 aromatic carbocycles. The lowest BCUT2D eigenvalue weighted by molar-refractivity contribution is 0.102. The maximum absolute atomic E-state index is 13.0. The SMILES string of the molecule is CCOc1ccc(S(=O)(=O)Nc2cc(OC)c(OC)cc2C(=O)Nc2cccnc2)cc1. The van der Waals surface area contributed by atoms with Crippen molar-refractivity contribution in [2.45, 2.75) is 11.8 Å². The second-order valence-electron chi connectivity index (χ2n) is 6.46. The van der Waals surface area contributed by atoms with Crippen LogP contribution in [0.15, 0.2) is 65.8 Å². The van der Waals surface area contributed by atoms with Crippen molar-refractivity contribution in [2.75, 3.05) is 30.9 Å². The molecule has 3 rings (SSSR count). The Bertz CT molecular complexity index is 1180. The number of rotatable bonds is 9. The highest BCUT2D eigenvalue weighted by Gasteiger charge is 2.22. The van der Waals surface area contributed by atoms with Crippen LogP contribution in [0, 0.1) is 0 Å². The van der Waals surface area contributed by atoms with Gasteiger partial charge in [-0.2, -0.15) is 0 Å². The Balaban J connectivity index is 1.98. The number of carbonyl (C=O) groups excluding carboxylic acids is 1. The fourth-order valence-electron chi connectivity index (χ4n) is 2.87. The number of nitrogens with zero attached hydrogens (tertiary/aromatic N) is 1. The number of ether oxygens (including phenoxy) is 3. The summed E-state index contributed by atoms with van der Waals surface area (Å²) in [6.07, 6.45) is 3.05. The minimum Gasteiger partial charge on any atom is -0.494 e. The summed E-state index contributed by atoms with van der Waals surface area (Å²) < 4.78 is 44.4. The summed E-state index contributed by atoms with van der Waals surface area (Å²) in [5.74, 6) is 0.528. The first-order chi connectivity index (χ1) is 15.4. The molecule has 0 saturated carbocycles. The number of aromatic nitrogens is 1. The third kappa shape index (κ3) is 5.27. The molecule has 0 atom stereocenters. The summed E-state index contributed by atoms with van der Waals surface area (Å²) in [7, 11) is -1.18. The summed E-state index contributed by atoms with van der Waals surface area (Å²) >= 11 is 0. The zero-order valence-electron chi connectivity index (χ0n) is 17.8. The molecule has 3 aromatic rings. The minimum absolute atomic E-state index is 0.00866. The minimum atomic E-state index is -4.01. The van der Waals surface area contributed by atoms with E-state index >= 15 is 0 Å². The first-order valence-corrected chi connectivity index (χ1v) is 11.1. The van der Waals surface area contributed by atoms with Crippen molar-refractivity contribution in [3.8, 4) is 17.2 Å². The molecule has 1 amide bonds. The van der Waals surface area contributed by atoms with E-state index in [1.807, 2.05) is 6.92 Å². The summed E-state index contributed by atoms with van der Waals surface area (Å²) in [5, 5.41) is 2.69. The zero-order valence-corrected chi connectivity index (χ0v) is 18.6. The number of carbonyl (C=O) groups is 1. The van der Waals surface area contributed by atoms with Gasteiger partial charge in [-0.05, 0) is 49.4 Å². The van der Waals surface area contributed by atoms with Crippen LogP contribution in [0.2, 0.25) is 0 Å². The van der Waals surface area contributed by atoms with Crippen LogP contribution in [-0.2, 0) is 10.0 Å². The van der Waals surface area contributed by atoms with Crippen molar-refractivity contribution < 1.29 is 27.4 Å². The second kappa shape index (κ2) is 10.0. The summed E-state index contributed by atoms with van der Waals surface area (Å²) in [5.41, 5.74) is 0.520. The van der Waals surface area contributed by atoms with Crippen molar-refractivity contribution in [3.63, 3.8) is 0 Å².